The van der Waals surface area contributed by atoms with E-state index in [1.165, 1.54) is 36.8 Å². The summed E-state index contributed by atoms with van der Waals surface area (Å²) < 4.78 is 35.1. The molecular weight excluding hydrogens is 556 g/mol. The van der Waals surface area contributed by atoms with Gasteiger partial charge in [-0.2, -0.15) is 0 Å². The fourth-order valence-electron chi connectivity index (χ4n) is 7.84. The van der Waals surface area contributed by atoms with Gasteiger partial charge in [0.25, 0.3) is 5.91 Å². The van der Waals surface area contributed by atoms with Gasteiger partial charge >= 0.3 is 0 Å². The van der Waals surface area contributed by atoms with Crippen LogP contribution in [0.3, 0.4) is 0 Å². The lowest BCUT2D eigenvalue weighted by Crippen LogP contribution is -2.49. The Morgan fingerprint density at radius 3 is 2.68 bits per heavy atom. The Labute approximate surface area is 248 Å². The van der Waals surface area contributed by atoms with Crippen LogP contribution in [0.5, 0.6) is 5.75 Å². The average molecular weight is 595 g/mol. The largest absolute Gasteiger partial charge is 0.490 e. The standard InChI is InChI=1S/C33H39ClN2O4S/c1-21-4-2-6-27(22-7-8-22)28-12-9-25(28)18-36-19-33(15-3-5-23-16-26(34)11-13-29(23)33)20-40-31-14-10-24(17-30(31)36)32(37)35-41(21,38)39/h2,6,10-11,13-14,16-17,21-22,25,27-28H,3-5,7-9,12,15,18-20H2,1H3,(H,35,37)/b6-2+/t21?,25?,27?,28?,33-/m0/s1. The topological polar surface area (TPSA) is 75.7 Å². The maximum Gasteiger partial charge on any atom is 0.264 e. The summed E-state index contributed by atoms with van der Waals surface area (Å²) in [7, 11) is -3.82. The zero-order valence-electron chi connectivity index (χ0n) is 23.7. The molecule has 2 aromatic rings. The molecule has 2 aromatic carbocycles. The number of sulfonamides is 1. The van der Waals surface area contributed by atoms with Crippen molar-refractivity contribution in [1.29, 1.82) is 0 Å². The molecule has 5 atom stereocenters. The maximum absolute atomic E-state index is 13.3. The zero-order chi connectivity index (χ0) is 28.4. The Morgan fingerprint density at radius 2 is 1.90 bits per heavy atom. The predicted molar refractivity (Wildman–Crippen MR) is 162 cm³/mol. The summed E-state index contributed by atoms with van der Waals surface area (Å²) in [5.74, 6) is 2.50. The second-order valence-electron chi connectivity index (χ2n) is 13.2. The van der Waals surface area contributed by atoms with Crippen LogP contribution >= 0.6 is 11.6 Å². The molecule has 4 unspecified atom stereocenters. The number of carbonyl (C=O) groups is 1. The van der Waals surface area contributed by atoms with Crippen molar-refractivity contribution in [2.45, 2.75) is 69.0 Å². The Morgan fingerprint density at radius 1 is 1.07 bits per heavy atom. The minimum atomic E-state index is -3.82. The highest BCUT2D eigenvalue weighted by Gasteiger charge is 2.46. The number of rotatable bonds is 1. The number of carbonyl (C=O) groups excluding carboxylic acids is 1. The van der Waals surface area contributed by atoms with Crippen LogP contribution in [0.1, 0.15) is 73.4 Å². The summed E-state index contributed by atoms with van der Waals surface area (Å²) >= 11 is 6.41. The van der Waals surface area contributed by atoms with Crippen molar-refractivity contribution in [2.24, 2.45) is 23.7 Å². The first-order chi connectivity index (χ1) is 19.7. The number of nitrogens with one attached hydrogen (secondary N) is 1. The van der Waals surface area contributed by atoms with Gasteiger partial charge in [-0.05, 0) is 123 Å². The molecule has 2 aliphatic heterocycles. The molecule has 218 valence electrons. The van der Waals surface area contributed by atoms with E-state index < -0.39 is 21.2 Å². The molecule has 0 aromatic heterocycles. The monoisotopic (exact) mass is 594 g/mol. The quantitative estimate of drug-likeness (QED) is 0.394. The molecule has 3 aliphatic carbocycles. The van der Waals surface area contributed by atoms with Crippen molar-refractivity contribution in [3.05, 3.63) is 70.3 Å². The molecular formula is C33H39ClN2O4S. The average Bonchev–Trinajstić information content (AvgIpc) is 3.78. The SMILES string of the molecule is CC1C/C=C/C(C2CC2)C2CCC2CN2C[C@@]3(CCCc4cc(Cl)ccc43)COc3ccc(cc32)C(=O)NS1(=O)=O. The number of fused-ring (bicyclic) bond motifs is 4. The van der Waals surface area contributed by atoms with Gasteiger partial charge < -0.3 is 9.64 Å². The van der Waals surface area contributed by atoms with Gasteiger partial charge in [0, 0.05) is 29.1 Å². The third-order valence-corrected chi connectivity index (χ3v) is 12.4. The zero-order valence-corrected chi connectivity index (χ0v) is 25.2. The van der Waals surface area contributed by atoms with Crippen molar-refractivity contribution < 1.29 is 17.9 Å². The summed E-state index contributed by atoms with van der Waals surface area (Å²) in [5, 5.41) is 0.0782. The number of hydrogen-bond acceptors (Lipinski definition) is 5. The summed E-state index contributed by atoms with van der Waals surface area (Å²) in [6.45, 7) is 3.94. The summed E-state index contributed by atoms with van der Waals surface area (Å²) in [6, 6.07) is 11.7. The van der Waals surface area contributed by atoms with Gasteiger partial charge in [-0.1, -0.05) is 29.8 Å². The normalized spacial score (nSPS) is 33.5. The number of ether oxygens (including phenoxy) is 1. The molecule has 5 aliphatic rings. The molecule has 2 heterocycles. The fourth-order valence-corrected chi connectivity index (χ4v) is 8.98. The molecule has 2 saturated carbocycles. The number of allylic oxidation sites excluding steroid dienone is 2. The van der Waals surface area contributed by atoms with E-state index in [4.69, 9.17) is 16.3 Å². The van der Waals surface area contributed by atoms with E-state index in [1.807, 2.05) is 18.2 Å². The van der Waals surface area contributed by atoms with Crippen molar-refractivity contribution in [3.8, 4) is 5.75 Å². The van der Waals surface area contributed by atoms with Crippen LogP contribution in [0.25, 0.3) is 0 Å². The number of benzene rings is 2. The third kappa shape index (κ3) is 5.07. The summed E-state index contributed by atoms with van der Waals surface area (Å²) in [6.07, 6.45) is 12.8. The van der Waals surface area contributed by atoms with Gasteiger partial charge in [-0.25, -0.2) is 13.1 Å². The van der Waals surface area contributed by atoms with Crippen molar-refractivity contribution in [2.75, 3.05) is 24.6 Å². The number of halogens is 1. The molecule has 2 bridgehead atoms. The maximum atomic E-state index is 13.3. The highest BCUT2D eigenvalue weighted by molar-refractivity contribution is 7.90. The molecule has 7 rings (SSSR count). The van der Waals surface area contributed by atoms with Crippen LogP contribution in [-0.4, -0.2) is 39.3 Å². The summed E-state index contributed by atoms with van der Waals surface area (Å²) in [5.41, 5.74) is 3.66. The first-order valence-electron chi connectivity index (χ1n) is 15.3. The van der Waals surface area contributed by atoms with Gasteiger partial charge in [-0.15, -0.1) is 0 Å². The first-order valence-corrected chi connectivity index (χ1v) is 17.2. The van der Waals surface area contributed by atoms with E-state index in [-0.39, 0.29) is 5.41 Å². The molecule has 1 amide bonds. The van der Waals surface area contributed by atoms with Gasteiger partial charge in [0.2, 0.25) is 10.0 Å². The van der Waals surface area contributed by atoms with Crippen LogP contribution in [0.4, 0.5) is 5.69 Å². The number of hydrogen-bond donors (Lipinski definition) is 1. The molecule has 41 heavy (non-hydrogen) atoms. The minimum Gasteiger partial charge on any atom is -0.490 e. The lowest BCUT2D eigenvalue weighted by atomic mass is 9.65. The fraction of sp³-hybridized carbons (Fsp3) is 0.545. The van der Waals surface area contributed by atoms with Gasteiger partial charge in [0.1, 0.15) is 5.75 Å². The molecule has 0 radical (unpaired) electrons. The first kappa shape index (κ1) is 27.3. The molecule has 1 spiro atoms. The molecule has 2 fully saturated rings. The van der Waals surface area contributed by atoms with Gasteiger partial charge in [-0.3, -0.25) is 4.79 Å². The Balaban J connectivity index is 1.31. The van der Waals surface area contributed by atoms with E-state index in [1.54, 1.807) is 13.0 Å². The Hall–Kier alpha value is -2.51. The van der Waals surface area contributed by atoms with Gasteiger partial charge in [0.05, 0.1) is 17.5 Å². The van der Waals surface area contributed by atoms with Crippen molar-refractivity contribution >= 4 is 33.2 Å². The summed E-state index contributed by atoms with van der Waals surface area (Å²) in [4.78, 5) is 15.7. The highest BCUT2D eigenvalue weighted by Crippen LogP contribution is 2.52. The van der Waals surface area contributed by atoms with Crippen LogP contribution in [0, 0.1) is 23.7 Å². The molecule has 1 N–H and O–H groups in total. The number of nitrogens with zero attached hydrogens (tertiary/aromatic N) is 1. The van der Waals surface area contributed by atoms with E-state index >= 15 is 0 Å². The molecule has 6 nitrogen and oxygen atoms in total. The van der Waals surface area contributed by atoms with E-state index in [2.05, 4.69) is 33.9 Å². The van der Waals surface area contributed by atoms with Crippen LogP contribution < -0.4 is 14.4 Å². The number of amides is 1. The van der Waals surface area contributed by atoms with Crippen molar-refractivity contribution in [3.63, 3.8) is 0 Å². The second-order valence-corrected chi connectivity index (χ2v) is 15.7. The Kier molecular flexibility index (Phi) is 6.89. The lowest BCUT2D eigenvalue weighted by molar-refractivity contribution is 0.0981. The van der Waals surface area contributed by atoms with Crippen molar-refractivity contribution in [1.82, 2.24) is 4.72 Å². The third-order valence-electron chi connectivity index (χ3n) is 10.5. The van der Waals surface area contributed by atoms with E-state index in [0.29, 0.717) is 42.3 Å². The van der Waals surface area contributed by atoms with Crippen LogP contribution in [0.2, 0.25) is 5.02 Å². The van der Waals surface area contributed by atoms with E-state index in [9.17, 15) is 13.2 Å². The highest BCUT2D eigenvalue weighted by atomic mass is 35.5. The minimum absolute atomic E-state index is 0.184. The number of anilines is 1. The lowest BCUT2D eigenvalue weighted by Gasteiger charge is -2.46. The molecule has 0 saturated heterocycles. The second kappa shape index (κ2) is 10.3. The van der Waals surface area contributed by atoms with E-state index in [0.717, 1.165) is 48.8 Å². The van der Waals surface area contributed by atoms with Crippen LogP contribution in [-0.2, 0) is 21.9 Å². The van der Waals surface area contributed by atoms with Gasteiger partial charge in [0.15, 0.2) is 0 Å². The number of aryl methyl sites for hydroxylation is 1. The Bertz CT molecular complexity index is 1500. The van der Waals surface area contributed by atoms with Crippen LogP contribution in [0.15, 0.2) is 48.6 Å². The molecule has 8 heteroatoms. The predicted octanol–water partition coefficient (Wildman–Crippen LogP) is 6.27. The smallest absolute Gasteiger partial charge is 0.264 e.